The molecular weight excluding hydrogens is 554 g/mol. The van der Waals surface area contributed by atoms with E-state index >= 15 is 0 Å². The quantitative estimate of drug-likeness (QED) is 0.135. The molecule has 0 aromatic heterocycles. The fourth-order valence-corrected chi connectivity index (χ4v) is 4.55. The number of hydrogen-bond acceptors (Lipinski definition) is 7. The predicted octanol–water partition coefficient (Wildman–Crippen LogP) is 5.55. The number of phenolic OH excluding ortho intramolecular Hbond substituents is 1. The molecule has 42 heavy (non-hydrogen) atoms. The Morgan fingerprint density at radius 2 is 1.57 bits per heavy atom. The van der Waals surface area contributed by atoms with Crippen LogP contribution in [-0.2, 0) is 9.59 Å². The number of methoxy groups -OCH3 is 2. The van der Waals surface area contributed by atoms with Crippen LogP contribution in [0.2, 0.25) is 0 Å². The van der Waals surface area contributed by atoms with Gasteiger partial charge in [0, 0.05) is 33.5 Å². The molecule has 4 aromatic carbocycles. The highest BCUT2D eigenvalue weighted by atomic mass is 32.2. The van der Waals surface area contributed by atoms with Gasteiger partial charge in [-0.25, -0.2) is 0 Å². The van der Waals surface area contributed by atoms with Crippen LogP contribution in [0.4, 0.5) is 11.4 Å². The number of anilines is 2. The Morgan fingerprint density at radius 3 is 2.29 bits per heavy atom. The SMILES string of the molecule is COc1ccc(NC(=O)CSc2cccc(NC(=O)/C(=C\c3ccc(O)cc3OC)NC(=O)c3ccccc3)c2)cc1. The van der Waals surface area contributed by atoms with Crippen molar-refractivity contribution in [3.8, 4) is 17.2 Å². The fraction of sp³-hybridized carbons (Fsp3) is 0.0938. The van der Waals surface area contributed by atoms with E-state index in [4.69, 9.17) is 9.47 Å². The molecule has 214 valence electrons. The van der Waals surface area contributed by atoms with E-state index < -0.39 is 11.8 Å². The summed E-state index contributed by atoms with van der Waals surface area (Å²) in [6, 6.07) is 27.0. The largest absolute Gasteiger partial charge is 0.508 e. The average molecular weight is 584 g/mol. The molecule has 3 amide bonds. The van der Waals surface area contributed by atoms with E-state index in [0.717, 1.165) is 4.90 Å². The number of phenols is 1. The molecule has 0 aliphatic heterocycles. The Kier molecular flexibility index (Phi) is 10.2. The van der Waals surface area contributed by atoms with Crippen molar-refractivity contribution in [3.63, 3.8) is 0 Å². The second-order valence-electron chi connectivity index (χ2n) is 8.85. The molecule has 10 heteroatoms. The summed E-state index contributed by atoms with van der Waals surface area (Å²) < 4.78 is 10.5. The first-order valence-electron chi connectivity index (χ1n) is 12.8. The number of rotatable bonds is 11. The summed E-state index contributed by atoms with van der Waals surface area (Å²) in [6.45, 7) is 0. The Balaban J connectivity index is 1.47. The highest BCUT2D eigenvalue weighted by Crippen LogP contribution is 2.27. The molecule has 4 aromatic rings. The molecule has 0 fully saturated rings. The molecule has 4 rings (SSSR count). The second-order valence-corrected chi connectivity index (χ2v) is 9.90. The van der Waals surface area contributed by atoms with Crippen molar-refractivity contribution in [2.75, 3.05) is 30.6 Å². The van der Waals surface area contributed by atoms with Gasteiger partial charge in [-0.05, 0) is 72.8 Å². The molecule has 4 N–H and O–H groups in total. The van der Waals surface area contributed by atoms with E-state index in [1.165, 1.54) is 37.1 Å². The van der Waals surface area contributed by atoms with E-state index in [1.807, 2.05) is 6.07 Å². The van der Waals surface area contributed by atoms with E-state index in [9.17, 15) is 19.5 Å². The molecular formula is C32H29N3O6S. The van der Waals surface area contributed by atoms with E-state index in [2.05, 4.69) is 16.0 Å². The van der Waals surface area contributed by atoms with Gasteiger partial charge in [0.25, 0.3) is 11.8 Å². The first-order chi connectivity index (χ1) is 20.3. The number of ether oxygens (including phenoxy) is 2. The van der Waals surface area contributed by atoms with Gasteiger partial charge in [0.2, 0.25) is 5.91 Å². The molecule has 0 bridgehead atoms. The lowest BCUT2D eigenvalue weighted by atomic mass is 10.1. The third-order valence-electron chi connectivity index (χ3n) is 5.88. The predicted molar refractivity (Wildman–Crippen MR) is 164 cm³/mol. The zero-order valence-corrected chi connectivity index (χ0v) is 23.7. The number of carbonyl (C=O) groups excluding carboxylic acids is 3. The van der Waals surface area contributed by atoms with Gasteiger partial charge in [0.1, 0.15) is 22.9 Å². The molecule has 0 aliphatic carbocycles. The third kappa shape index (κ3) is 8.39. The first-order valence-corrected chi connectivity index (χ1v) is 13.8. The van der Waals surface area contributed by atoms with Gasteiger partial charge in [-0.3, -0.25) is 14.4 Å². The van der Waals surface area contributed by atoms with Crippen molar-refractivity contribution in [2.24, 2.45) is 0 Å². The van der Waals surface area contributed by atoms with Crippen molar-refractivity contribution in [3.05, 3.63) is 114 Å². The molecule has 0 spiro atoms. The lowest BCUT2D eigenvalue weighted by Gasteiger charge is -2.13. The standard InChI is InChI=1S/C32H29N3O6S/c1-40-26-15-12-23(13-16-26)33-30(37)20-42-27-10-6-9-24(18-27)34-32(39)28(35-31(38)21-7-4-3-5-8-21)17-22-11-14-25(36)19-29(22)41-2/h3-19,36H,20H2,1-2H3,(H,33,37)(H,34,39)(H,35,38)/b28-17+. The number of aromatic hydroxyl groups is 1. The van der Waals surface area contributed by atoms with Crippen molar-refractivity contribution in [1.82, 2.24) is 5.32 Å². The molecule has 0 saturated carbocycles. The molecule has 0 atom stereocenters. The van der Waals surface area contributed by atoms with Crippen LogP contribution in [0.15, 0.2) is 108 Å². The summed E-state index contributed by atoms with van der Waals surface area (Å²) in [6.07, 6.45) is 1.47. The van der Waals surface area contributed by atoms with E-state index in [0.29, 0.717) is 34.0 Å². The molecule has 0 aliphatic rings. The third-order valence-corrected chi connectivity index (χ3v) is 6.88. The van der Waals surface area contributed by atoms with Crippen LogP contribution in [0.5, 0.6) is 17.2 Å². The van der Waals surface area contributed by atoms with Gasteiger partial charge in [-0.1, -0.05) is 24.3 Å². The minimum absolute atomic E-state index is 0.00433. The van der Waals surface area contributed by atoms with Crippen LogP contribution in [0.25, 0.3) is 6.08 Å². The van der Waals surface area contributed by atoms with E-state index in [-0.39, 0.29) is 23.1 Å². The molecule has 0 saturated heterocycles. The van der Waals surface area contributed by atoms with Crippen LogP contribution in [0.1, 0.15) is 15.9 Å². The number of hydrogen-bond donors (Lipinski definition) is 4. The highest BCUT2D eigenvalue weighted by molar-refractivity contribution is 8.00. The van der Waals surface area contributed by atoms with Gasteiger partial charge < -0.3 is 30.5 Å². The number of thioether (sulfide) groups is 1. The maximum absolute atomic E-state index is 13.4. The minimum Gasteiger partial charge on any atom is -0.508 e. The van der Waals surface area contributed by atoms with Crippen LogP contribution in [-0.4, -0.2) is 42.8 Å². The molecule has 0 unspecified atom stereocenters. The molecule has 0 radical (unpaired) electrons. The summed E-state index contributed by atoms with van der Waals surface area (Å²) in [5, 5.41) is 18.1. The van der Waals surface area contributed by atoms with Crippen LogP contribution in [0, 0.1) is 0 Å². The highest BCUT2D eigenvalue weighted by Gasteiger charge is 2.17. The number of benzene rings is 4. The van der Waals surface area contributed by atoms with Gasteiger partial charge in [0.15, 0.2) is 0 Å². The number of amides is 3. The summed E-state index contributed by atoms with van der Waals surface area (Å²) in [4.78, 5) is 39.6. The fourth-order valence-electron chi connectivity index (χ4n) is 3.80. The number of nitrogens with one attached hydrogen (secondary N) is 3. The average Bonchev–Trinajstić information content (AvgIpc) is 3.01. The van der Waals surface area contributed by atoms with Crippen molar-refractivity contribution in [2.45, 2.75) is 4.90 Å². The monoisotopic (exact) mass is 583 g/mol. The minimum atomic E-state index is -0.575. The smallest absolute Gasteiger partial charge is 0.272 e. The van der Waals surface area contributed by atoms with Crippen molar-refractivity contribution >= 4 is 46.9 Å². The normalized spacial score (nSPS) is 10.9. The Labute approximate surface area is 247 Å². The van der Waals surface area contributed by atoms with Crippen LogP contribution >= 0.6 is 11.8 Å². The summed E-state index contributed by atoms with van der Waals surface area (Å²) in [5.74, 6) is -0.0634. The Bertz CT molecular complexity index is 1590. The summed E-state index contributed by atoms with van der Waals surface area (Å²) >= 11 is 1.31. The molecule has 0 heterocycles. The lowest BCUT2D eigenvalue weighted by Crippen LogP contribution is -2.30. The van der Waals surface area contributed by atoms with Gasteiger partial charge in [-0.15, -0.1) is 11.8 Å². The maximum Gasteiger partial charge on any atom is 0.272 e. The van der Waals surface area contributed by atoms with Crippen LogP contribution in [0.3, 0.4) is 0 Å². The topological polar surface area (TPSA) is 126 Å². The molecule has 9 nitrogen and oxygen atoms in total. The summed E-state index contributed by atoms with van der Waals surface area (Å²) in [5.41, 5.74) is 1.94. The Morgan fingerprint density at radius 1 is 0.810 bits per heavy atom. The van der Waals surface area contributed by atoms with Gasteiger partial charge in [-0.2, -0.15) is 0 Å². The van der Waals surface area contributed by atoms with Crippen LogP contribution < -0.4 is 25.4 Å². The van der Waals surface area contributed by atoms with Gasteiger partial charge >= 0.3 is 0 Å². The van der Waals surface area contributed by atoms with Gasteiger partial charge in [0.05, 0.1) is 20.0 Å². The van der Waals surface area contributed by atoms with Crippen molar-refractivity contribution in [1.29, 1.82) is 0 Å². The summed E-state index contributed by atoms with van der Waals surface area (Å²) in [7, 11) is 3.01. The van der Waals surface area contributed by atoms with Crippen molar-refractivity contribution < 1.29 is 29.0 Å². The lowest BCUT2D eigenvalue weighted by molar-refractivity contribution is -0.114. The zero-order valence-electron chi connectivity index (χ0n) is 22.9. The first kappa shape index (κ1) is 29.8. The maximum atomic E-state index is 13.4. The second kappa shape index (κ2) is 14.4. The number of carbonyl (C=O) groups is 3. The van der Waals surface area contributed by atoms with E-state index in [1.54, 1.807) is 86.0 Å². The Hall–Kier alpha value is -5.22. The zero-order chi connectivity index (χ0) is 29.9.